The van der Waals surface area contributed by atoms with Gasteiger partial charge in [-0.05, 0) is 37.8 Å². The van der Waals surface area contributed by atoms with E-state index in [0.29, 0.717) is 18.7 Å². The third-order valence-electron chi connectivity index (χ3n) is 3.69. The predicted octanol–water partition coefficient (Wildman–Crippen LogP) is 3.32. The molecule has 0 aliphatic rings. The summed E-state index contributed by atoms with van der Waals surface area (Å²) in [6.45, 7) is 8.00. The van der Waals surface area contributed by atoms with E-state index in [9.17, 15) is 5.11 Å². The van der Waals surface area contributed by atoms with Crippen molar-refractivity contribution in [3.05, 3.63) is 23.8 Å². The van der Waals surface area contributed by atoms with Gasteiger partial charge in [0.25, 0.3) is 0 Å². The molecule has 0 saturated heterocycles. The minimum Gasteiger partial charge on any atom is -0.504 e. The summed E-state index contributed by atoms with van der Waals surface area (Å²) < 4.78 is 10.7. The van der Waals surface area contributed by atoms with E-state index in [1.807, 2.05) is 19.1 Å². The van der Waals surface area contributed by atoms with E-state index in [1.54, 1.807) is 13.2 Å². The number of aliphatic imine (C=N–C) groups is 1. The number of methoxy groups -OCH3 is 1. The number of phenolic OH excluding ortho intramolecular Hbond substituents is 1. The Hall–Kier alpha value is -1.22. The number of nitrogens with one attached hydrogen (secondary N) is 2. The molecule has 0 aliphatic heterocycles. The molecule has 6 nitrogen and oxygen atoms in total. The van der Waals surface area contributed by atoms with Crippen molar-refractivity contribution in [1.82, 2.24) is 10.6 Å². The molecule has 0 fully saturated rings. The van der Waals surface area contributed by atoms with Crippen LogP contribution in [0.5, 0.6) is 11.5 Å². The van der Waals surface area contributed by atoms with Crippen molar-refractivity contribution in [2.45, 2.75) is 39.5 Å². The number of aromatic hydroxyl groups is 1. The van der Waals surface area contributed by atoms with E-state index in [4.69, 9.17) is 9.47 Å². The smallest absolute Gasteiger partial charge is 0.191 e. The molecule has 0 atom stereocenters. The lowest BCUT2D eigenvalue weighted by atomic mass is 10.1. The van der Waals surface area contributed by atoms with E-state index in [0.717, 1.165) is 57.1 Å². The summed E-state index contributed by atoms with van der Waals surface area (Å²) in [6, 6.07) is 5.53. The van der Waals surface area contributed by atoms with Gasteiger partial charge < -0.3 is 25.2 Å². The molecule has 150 valence electrons. The fraction of sp³-hybridized carbons (Fsp3) is 0.632. The fourth-order valence-electron chi connectivity index (χ4n) is 2.30. The van der Waals surface area contributed by atoms with Crippen molar-refractivity contribution in [2.24, 2.45) is 4.99 Å². The van der Waals surface area contributed by atoms with Crippen molar-refractivity contribution >= 4 is 29.9 Å². The van der Waals surface area contributed by atoms with Crippen molar-refractivity contribution in [3.8, 4) is 11.5 Å². The molecule has 0 bridgehead atoms. The van der Waals surface area contributed by atoms with Gasteiger partial charge in [0.1, 0.15) is 0 Å². The Morgan fingerprint density at radius 2 is 1.92 bits per heavy atom. The molecular formula is C19H34IN3O3. The van der Waals surface area contributed by atoms with E-state index >= 15 is 0 Å². The van der Waals surface area contributed by atoms with Crippen LogP contribution in [-0.4, -0.2) is 51.0 Å². The average molecular weight is 479 g/mol. The van der Waals surface area contributed by atoms with Crippen LogP contribution in [0.15, 0.2) is 23.2 Å². The Balaban J connectivity index is 0.00000625. The number of halogens is 1. The maximum atomic E-state index is 10.1. The maximum absolute atomic E-state index is 10.1. The summed E-state index contributed by atoms with van der Waals surface area (Å²) in [5, 5.41) is 16.6. The zero-order valence-corrected chi connectivity index (χ0v) is 18.5. The van der Waals surface area contributed by atoms with Crippen LogP contribution >= 0.6 is 24.0 Å². The van der Waals surface area contributed by atoms with E-state index in [-0.39, 0.29) is 29.7 Å². The zero-order valence-electron chi connectivity index (χ0n) is 16.2. The Labute approximate surface area is 174 Å². The second-order valence-electron chi connectivity index (χ2n) is 5.72. The molecule has 1 aromatic carbocycles. The maximum Gasteiger partial charge on any atom is 0.191 e. The molecule has 0 amide bonds. The summed E-state index contributed by atoms with van der Waals surface area (Å²) >= 11 is 0. The Morgan fingerprint density at radius 3 is 2.62 bits per heavy atom. The van der Waals surface area contributed by atoms with E-state index in [1.165, 1.54) is 0 Å². The predicted molar refractivity (Wildman–Crippen MR) is 118 cm³/mol. The highest BCUT2D eigenvalue weighted by molar-refractivity contribution is 14.0. The first kappa shape index (κ1) is 24.8. The number of hydrogen-bond donors (Lipinski definition) is 3. The molecule has 0 aliphatic carbocycles. The molecule has 0 unspecified atom stereocenters. The molecule has 0 spiro atoms. The van der Waals surface area contributed by atoms with Crippen molar-refractivity contribution in [1.29, 1.82) is 0 Å². The van der Waals surface area contributed by atoms with Gasteiger partial charge >= 0.3 is 0 Å². The number of unbranched alkanes of at least 4 members (excludes halogenated alkanes) is 1. The summed E-state index contributed by atoms with van der Waals surface area (Å²) in [4.78, 5) is 4.55. The summed E-state index contributed by atoms with van der Waals surface area (Å²) in [6.07, 6.45) is 3.88. The second-order valence-corrected chi connectivity index (χ2v) is 5.72. The third kappa shape index (κ3) is 10.1. The van der Waals surface area contributed by atoms with Crippen LogP contribution in [0.3, 0.4) is 0 Å². The second kappa shape index (κ2) is 16.0. The lowest BCUT2D eigenvalue weighted by Crippen LogP contribution is -2.38. The van der Waals surface area contributed by atoms with Crippen LogP contribution in [0.2, 0.25) is 0 Å². The van der Waals surface area contributed by atoms with Crippen LogP contribution in [0.4, 0.5) is 0 Å². The van der Waals surface area contributed by atoms with Gasteiger partial charge in [-0.25, -0.2) is 0 Å². The van der Waals surface area contributed by atoms with Gasteiger partial charge in [-0.3, -0.25) is 4.99 Å². The van der Waals surface area contributed by atoms with E-state index < -0.39 is 0 Å². The zero-order chi connectivity index (χ0) is 18.3. The molecule has 0 radical (unpaired) electrons. The molecule has 1 rings (SSSR count). The summed E-state index contributed by atoms with van der Waals surface area (Å²) in [5.74, 6) is 1.50. The number of hydrogen-bond acceptors (Lipinski definition) is 4. The number of rotatable bonds is 12. The van der Waals surface area contributed by atoms with Gasteiger partial charge in [0.05, 0.1) is 7.11 Å². The quantitative estimate of drug-likeness (QED) is 0.186. The topological polar surface area (TPSA) is 75.1 Å². The average Bonchev–Trinajstić information content (AvgIpc) is 2.62. The molecule has 0 aromatic heterocycles. The van der Waals surface area contributed by atoms with Gasteiger partial charge in [0.15, 0.2) is 17.5 Å². The lowest BCUT2D eigenvalue weighted by molar-refractivity contribution is 0.130. The first-order valence-electron chi connectivity index (χ1n) is 9.17. The minimum atomic E-state index is 0. The van der Waals surface area contributed by atoms with Gasteiger partial charge in [-0.15, -0.1) is 24.0 Å². The van der Waals surface area contributed by atoms with Crippen LogP contribution < -0.4 is 15.4 Å². The first-order chi connectivity index (χ1) is 12.2. The van der Waals surface area contributed by atoms with E-state index in [2.05, 4.69) is 22.5 Å². The normalized spacial score (nSPS) is 11.0. The molecular weight excluding hydrogens is 445 g/mol. The summed E-state index contributed by atoms with van der Waals surface area (Å²) in [5.41, 5.74) is 0.854. The standard InChI is InChI=1S/C19H33N3O3.HI/c1-4-6-14-25-15-8-12-21-19(20-5-2)22-13-11-16-9-7-10-17(24-3)18(16)23;/h7,9-10,23H,4-6,8,11-15H2,1-3H3,(H2,20,21,22);1H. The fourth-order valence-corrected chi connectivity index (χ4v) is 2.30. The van der Waals surface area contributed by atoms with Gasteiger partial charge in [0, 0.05) is 32.8 Å². The van der Waals surface area contributed by atoms with Crippen LogP contribution in [0, 0.1) is 0 Å². The Bertz CT molecular complexity index is 513. The highest BCUT2D eigenvalue weighted by Crippen LogP contribution is 2.29. The van der Waals surface area contributed by atoms with Crippen molar-refractivity contribution in [3.63, 3.8) is 0 Å². The molecule has 7 heteroatoms. The van der Waals surface area contributed by atoms with Gasteiger partial charge in [-0.1, -0.05) is 25.5 Å². The number of guanidine groups is 1. The number of phenols is 1. The molecule has 0 saturated carbocycles. The minimum absolute atomic E-state index is 0. The van der Waals surface area contributed by atoms with Crippen LogP contribution in [0.25, 0.3) is 0 Å². The molecule has 3 N–H and O–H groups in total. The summed E-state index contributed by atoms with van der Waals surface area (Å²) in [7, 11) is 1.55. The number of nitrogens with zero attached hydrogens (tertiary/aromatic N) is 1. The Morgan fingerprint density at radius 1 is 1.15 bits per heavy atom. The first-order valence-corrected chi connectivity index (χ1v) is 9.17. The lowest BCUT2D eigenvalue weighted by Gasteiger charge is -2.13. The van der Waals surface area contributed by atoms with Gasteiger partial charge in [0.2, 0.25) is 0 Å². The SMILES string of the molecule is CCCCOCCCN=C(NCC)NCCc1cccc(OC)c1O.I. The van der Waals surface area contributed by atoms with Crippen LogP contribution in [0.1, 0.15) is 38.7 Å². The number of ether oxygens (including phenoxy) is 2. The highest BCUT2D eigenvalue weighted by atomic mass is 127. The van der Waals surface area contributed by atoms with Crippen molar-refractivity contribution in [2.75, 3.05) is 40.0 Å². The van der Waals surface area contributed by atoms with Crippen LogP contribution in [-0.2, 0) is 11.2 Å². The third-order valence-corrected chi connectivity index (χ3v) is 3.69. The largest absolute Gasteiger partial charge is 0.504 e. The highest BCUT2D eigenvalue weighted by Gasteiger charge is 2.07. The number of para-hydroxylation sites is 1. The monoisotopic (exact) mass is 479 g/mol. The molecule has 0 heterocycles. The molecule has 26 heavy (non-hydrogen) atoms. The Kier molecular flexibility index (Phi) is 15.2. The molecule has 1 aromatic rings. The number of benzene rings is 1. The van der Waals surface area contributed by atoms with Gasteiger partial charge in [-0.2, -0.15) is 0 Å². The van der Waals surface area contributed by atoms with Crippen molar-refractivity contribution < 1.29 is 14.6 Å².